The Kier molecular flexibility index (Phi) is 4.00. The van der Waals surface area contributed by atoms with E-state index >= 15 is 0 Å². The molecule has 1 aliphatic heterocycles. The first-order valence-electron chi connectivity index (χ1n) is 7.39. The van der Waals surface area contributed by atoms with Gasteiger partial charge in [0.1, 0.15) is 12.9 Å². The van der Waals surface area contributed by atoms with Gasteiger partial charge in [-0.05, 0) is 18.6 Å². The quantitative estimate of drug-likeness (QED) is 0.915. The van der Waals surface area contributed by atoms with Crippen LogP contribution in [0.4, 0.5) is 5.69 Å². The molecule has 2 heterocycles. The van der Waals surface area contributed by atoms with Gasteiger partial charge in [0.25, 0.3) is 0 Å². The van der Waals surface area contributed by atoms with Gasteiger partial charge < -0.3 is 19.2 Å². The molecule has 0 spiro atoms. The Bertz CT molecular complexity index is 667. The molecule has 0 aliphatic carbocycles. The van der Waals surface area contributed by atoms with Crippen LogP contribution >= 0.6 is 0 Å². The van der Waals surface area contributed by atoms with E-state index in [4.69, 9.17) is 9.15 Å². The number of ether oxygens (including phenoxy) is 1. The molecule has 1 aliphatic rings. The number of aromatic nitrogens is 1. The van der Waals surface area contributed by atoms with Crippen molar-refractivity contribution in [1.82, 2.24) is 4.98 Å². The Morgan fingerprint density at radius 1 is 1.45 bits per heavy atom. The molecule has 0 radical (unpaired) electrons. The fraction of sp³-hybridized carbons (Fsp3) is 0.375. The van der Waals surface area contributed by atoms with Gasteiger partial charge in [0.15, 0.2) is 5.75 Å². The largest absolute Gasteiger partial charge is 0.489 e. The fourth-order valence-electron chi connectivity index (χ4n) is 2.60. The number of anilines is 1. The molecule has 3 rings (SSSR count). The SMILES string of the molecule is CCCCN1CCOc2c(-c3ncco3)cc(C(=O)O)cc21. The van der Waals surface area contributed by atoms with Gasteiger partial charge in [0, 0.05) is 6.54 Å². The maximum absolute atomic E-state index is 11.4. The lowest BCUT2D eigenvalue weighted by molar-refractivity contribution is 0.0697. The van der Waals surface area contributed by atoms with Crippen molar-refractivity contribution < 1.29 is 19.1 Å². The maximum atomic E-state index is 11.4. The van der Waals surface area contributed by atoms with E-state index in [0.29, 0.717) is 23.8 Å². The number of aromatic carboxylic acids is 1. The van der Waals surface area contributed by atoms with E-state index in [9.17, 15) is 9.90 Å². The zero-order chi connectivity index (χ0) is 15.5. The van der Waals surface area contributed by atoms with Gasteiger partial charge in [-0.3, -0.25) is 0 Å². The maximum Gasteiger partial charge on any atom is 0.335 e. The first-order chi connectivity index (χ1) is 10.7. The summed E-state index contributed by atoms with van der Waals surface area (Å²) in [7, 11) is 0. The summed E-state index contributed by atoms with van der Waals surface area (Å²) in [5.74, 6) is 0.0446. The topological polar surface area (TPSA) is 75.8 Å². The number of nitrogens with zero attached hydrogens (tertiary/aromatic N) is 2. The highest BCUT2D eigenvalue weighted by Crippen LogP contribution is 2.41. The van der Waals surface area contributed by atoms with E-state index in [1.807, 2.05) is 0 Å². The Balaban J connectivity index is 2.11. The van der Waals surface area contributed by atoms with Crippen LogP contribution < -0.4 is 9.64 Å². The Hall–Kier alpha value is -2.50. The number of carboxylic acids is 1. The predicted molar refractivity (Wildman–Crippen MR) is 81.5 cm³/mol. The van der Waals surface area contributed by atoms with Gasteiger partial charge in [-0.2, -0.15) is 0 Å². The molecule has 22 heavy (non-hydrogen) atoms. The molecule has 116 valence electrons. The van der Waals surface area contributed by atoms with Crippen LogP contribution in [0.25, 0.3) is 11.5 Å². The van der Waals surface area contributed by atoms with Crippen LogP contribution in [0.5, 0.6) is 5.75 Å². The minimum absolute atomic E-state index is 0.207. The van der Waals surface area contributed by atoms with E-state index in [-0.39, 0.29) is 5.56 Å². The summed E-state index contributed by atoms with van der Waals surface area (Å²) in [4.78, 5) is 17.7. The molecular weight excluding hydrogens is 284 g/mol. The number of hydrogen-bond acceptors (Lipinski definition) is 5. The van der Waals surface area contributed by atoms with Crippen molar-refractivity contribution in [2.45, 2.75) is 19.8 Å². The van der Waals surface area contributed by atoms with Gasteiger partial charge in [0.2, 0.25) is 5.89 Å². The van der Waals surface area contributed by atoms with Crippen LogP contribution in [-0.2, 0) is 0 Å². The fourth-order valence-corrected chi connectivity index (χ4v) is 2.60. The lowest BCUT2D eigenvalue weighted by atomic mass is 10.0. The smallest absolute Gasteiger partial charge is 0.335 e. The van der Waals surface area contributed by atoms with Crippen molar-refractivity contribution in [1.29, 1.82) is 0 Å². The zero-order valence-electron chi connectivity index (χ0n) is 12.4. The Morgan fingerprint density at radius 3 is 3.00 bits per heavy atom. The number of rotatable bonds is 5. The third kappa shape index (κ3) is 2.64. The van der Waals surface area contributed by atoms with Gasteiger partial charge in [-0.1, -0.05) is 13.3 Å². The van der Waals surface area contributed by atoms with E-state index in [1.165, 1.54) is 12.5 Å². The summed E-state index contributed by atoms with van der Waals surface area (Å²) in [6.07, 6.45) is 5.13. The van der Waals surface area contributed by atoms with E-state index in [2.05, 4.69) is 16.8 Å². The molecular formula is C16H18N2O4. The zero-order valence-corrected chi connectivity index (χ0v) is 12.4. The molecule has 1 aromatic heterocycles. The number of carboxylic acid groups (broad SMARTS) is 1. The molecule has 1 aromatic carbocycles. The highest BCUT2D eigenvalue weighted by atomic mass is 16.5. The standard InChI is InChI=1S/C16H18N2O4/c1-2-3-5-18-6-8-21-14-12(15-17-4-7-22-15)9-11(16(19)20)10-13(14)18/h4,7,9-10H,2-3,5-6,8H2,1H3,(H,19,20). The van der Waals surface area contributed by atoms with Gasteiger partial charge in [0.05, 0.1) is 29.6 Å². The average Bonchev–Trinajstić information content (AvgIpc) is 3.05. The van der Waals surface area contributed by atoms with E-state index in [0.717, 1.165) is 31.6 Å². The molecule has 0 bridgehead atoms. The lowest BCUT2D eigenvalue weighted by Crippen LogP contribution is -2.34. The van der Waals surface area contributed by atoms with Crippen molar-refractivity contribution in [3.63, 3.8) is 0 Å². The molecule has 0 saturated carbocycles. The van der Waals surface area contributed by atoms with E-state index < -0.39 is 5.97 Å². The normalized spacial score (nSPS) is 13.6. The highest BCUT2D eigenvalue weighted by Gasteiger charge is 2.25. The van der Waals surface area contributed by atoms with Gasteiger partial charge in [-0.15, -0.1) is 0 Å². The molecule has 0 fully saturated rings. The third-order valence-corrected chi connectivity index (χ3v) is 3.71. The Labute approximate surface area is 128 Å². The summed E-state index contributed by atoms with van der Waals surface area (Å²) < 4.78 is 11.1. The number of hydrogen-bond donors (Lipinski definition) is 1. The van der Waals surface area contributed by atoms with Gasteiger partial charge >= 0.3 is 5.97 Å². The minimum atomic E-state index is -0.975. The first kappa shape index (κ1) is 14.4. The summed E-state index contributed by atoms with van der Waals surface area (Å²) in [5, 5.41) is 9.36. The summed E-state index contributed by atoms with van der Waals surface area (Å²) in [5.41, 5.74) is 1.59. The molecule has 1 N–H and O–H groups in total. The minimum Gasteiger partial charge on any atom is -0.489 e. The molecule has 0 saturated heterocycles. The monoisotopic (exact) mass is 302 g/mol. The first-order valence-corrected chi connectivity index (χ1v) is 7.39. The molecule has 0 atom stereocenters. The van der Waals surface area contributed by atoms with Crippen LogP contribution in [0.15, 0.2) is 29.0 Å². The molecule has 6 nitrogen and oxygen atoms in total. The van der Waals surface area contributed by atoms with Crippen LogP contribution in [0.2, 0.25) is 0 Å². The summed E-state index contributed by atoms with van der Waals surface area (Å²) >= 11 is 0. The van der Waals surface area contributed by atoms with Crippen molar-refractivity contribution >= 4 is 11.7 Å². The van der Waals surface area contributed by atoms with Crippen molar-refractivity contribution in [3.05, 3.63) is 30.2 Å². The highest BCUT2D eigenvalue weighted by molar-refractivity contribution is 5.93. The van der Waals surface area contributed by atoms with Crippen LogP contribution in [-0.4, -0.2) is 35.8 Å². The molecule has 6 heteroatoms. The van der Waals surface area contributed by atoms with Crippen molar-refractivity contribution in [2.75, 3.05) is 24.6 Å². The van der Waals surface area contributed by atoms with Crippen molar-refractivity contribution in [3.8, 4) is 17.2 Å². The van der Waals surface area contributed by atoms with E-state index in [1.54, 1.807) is 12.1 Å². The number of fused-ring (bicyclic) bond motifs is 1. The van der Waals surface area contributed by atoms with Crippen molar-refractivity contribution in [2.24, 2.45) is 0 Å². The van der Waals surface area contributed by atoms with Crippen LogP contribution in [0.3, 0.4) is 0 Å². The number of benzene rings is 1. The lowest BCUT2D eigenvalue weighted by Gasteiger charge is -2.32. The number of oxazole rings is 1. The number of unbranched alkanes of at least 4 members (excludes halogenated alkanes) is 1. The predicted octanol–water partition coefficient (Wildman–Crippen LogP) is 3.04. The second-order valence-corrected chi connectivity index (χ2v) is 5.20. The summed E-state index contributed by atoms with van der Waals surface area (Å²) in [6.45, 7) is 4.33. The van der Waals surface area contributed by atoms with Gasteiger partial charge in [-0.25, -0.2) is 9.78 Å². The molecule has 0 unspecified atom stereocenters. The molecule has 2 aromatic rings. The van der Waals surface area contributed by atoms with Crippen LogP contribution in [0, 0.1) is 0 Å². The molecule has 0 amide bonds. The second-order valence-electron chi connectivity index (χ2n) is 5.20. The average molecular weight is 302 g/mol. The van der Waals surface area contributed by atoms with Crippen LogP contribution in [0.1, 0.15) is 30.1 Å². The summed E-state index contributed by atoms with van der Waals surface area (Å²) in [6, 6.07) is 3.22. The Morgan fingerprint density at radius 2 is 2.32 bits per heavy atom. The second kappa shape index (κ2) is 6.09. The third-order valence-electron chi connectivity index (χ3n) is 3.71. The number of carbonyl (C=O) groups is 1.